The van der Waals surface area contributed by atoms with E-state index in [9.17, 15) is 24.0 Å². The number of carbonyl (C=O) groups excluding carboxylic acids is 5. The molecule has 162 valence electrons. The van der Waals surface area contributed by atoms with Crippen molar-refractivity contribution in [1.82, 2.24) is 15.5 Å². The van der Waals surface area contributed by atoms with Crippen LogP contribution in [0.4, 0.5) is 0 Å². The number of rotatable bonds is 14. The number of imide groups is 1. The van der Waals surface area contributed by atoms with Crippen LogP contribution in [-0.4, -0.2) is 60.7 Å². The molecule has 1 aliphatic rings. The molecule has 0 aromatic rings. The zero-order valence-corrected chi connectivity index (χ0v) is 17.2. The molecule has 0 aromatic heterocycles. The largest absolute Gasteiger partial charge is 0.465 e. The van der Waals surface area contributed by atoms with Crippen LogP contribution in [0.5, 0.6) is 0 Å². The summed E-state index contributed by atoms with van der Waals surface area (Å²) >= 11 is 0. The van der Waals surface area contributed by atoms with Crippen molar-refractivity contribution in [2.24, 2.45) is 5.92 Å². The van der Waals surface area contributed by atoms with Crippen LogP contribution in [0.3, 0.4) is 0 Å². The predicted octanol–water partition coefficient (Wildman–Crippen LogP) is 0.684. The molecule has 9 nitrogen and oxygen atoms in total. The van der Waals surface area contributed by atoms with E-state index in [0.717, 1.165) is 17.7 Å². The van der Waals surface area contributed by atoms with Gasteiger partial charge in [0.25, 0.3) is 11.8 Å². The lowest BCUT2D eigenvalue weighted by atomic mass is 10.1. The maximum absolute atomic E-state index is 11.8. The maximum atomic E-state index is 11.8. The molecule has 9 heteroatoms. The van der Waals surface area contributed by atoms with E-state index in [2.05, 4.69) is 10.6 Å². The summed E-state index contributed by atoms with van der Waals surface area (Å²) in [5, 5.41) is 5.35. The molecule has 4 amide bonds. The van der Waals surface area contributed by atoms with Crippen LogP contribution in [0.15, 0.2) is 12.2 Å². The number of esters is 1. The van der Waals surface area contributed by atoms with Crippen LogP contribution in [-0.2, 0) is 28.7 Å². The quantitative estimate of drug-likeness (QED) is 0.247. The zero-order chi connectivity index (χ0) is 21.6. The molecule has 0 bridgehead atoms. The first-order valence-corrected chi connectivity index (χ1v) is 10.1. The van der Waals surface area contributed by atoms with Gasteiger partial charge in [-0.15, -0.1) is 0 Å². The van der Waals surface area contributed by atoms with Crippen molar-refractivity contribution in [3.05, 3.63) is 12.2 Å². The Kier molecular flexibility index (Phi) is 11.3. The summed E-state index contributed by atoms with van der Waals surface area (Å²) in [6.45, 7) is 4.68. The first-order chi connectivity index (χ1) is 13.8. The molecular formula is C20H31N3O6. The molecule has 0 radical (unpaired) electrons. The van der Waals surface area contributed by atoms with E-state index in [1.165, 1.54) is 12.2 Å². The van der Waals surface area contributed by atoms with Gasteiger partial charge in [0.05, 0.1) is 12.5 Å². The number of nitrogens with zero attached hydrogens (tertiary/aromatic N) is 1. The molecule has 0 aromatic carbocycles. The molecule has 0 aliphatic carbocycles. The normalized spacial score (nSPS) is 14.1. The van der Waals surface area contributed by atoms with Gasteiger partial charge in [0, 0.05) is 44.6 Å². The molecule has 0 saturated heterocycles. The average molecular weight is 409 g/mol. The van der Waals surface area contributed by atoms with Crippen molar-refractivity contribution < 1.29 is 28.7 Å². The van der Waals surface area contributed by atoms with Gasteiger partial charge in [0.2, 0.25) is 11.8 Å². The van der Waals surface area contributed by atoms with Gasteiger partial charge in [0.1, 0.15) is 0 Å². The molecule has 1 aliphatic heterocycles. The van der Waals surface area contributed by atoms with Gasteiger partial charge in [-0.25, -0.2) is 0 Å². The molecule has 29 heavy (non-hydrogen) atoms. The molecule has 0 saturated carbocycles. The first-order valence-electron chi connectivity index (χ1n) is 10.1. The summed E-state index contributed by atoms with van der Waals surface area (Å²) in [4.78, 5) is 59.1. The zero-order valence-electron chi connectivity index (χ0n) is 17.2. The SMILES string of the molecule is CCCCOC(=O)C(C)CNC(=O)CCCCC(=O)NCCN1C(=O)C=CC1=O. The minimum atomic E-state index is -0.397. The predicted molar refractivity (Wildman–Crippen MR) is 105 cm³/mol. The third-order valence-corrected chi connectivity index (χ3v) is 4.37. The Labute approximate surface area is 171 Å². The highest BCUT2D eigenvalue weighted by atomic mass is 16.5. The number of ether oxygens (including phenoxy) is 1. The van der Waals surface area contributed by atoms with E-state index in [1.54, 1.807) is 6.92 Å². The smallest absolute Gasteiger partial charge is 0.310 e. The Bertz CT molecular complexity index is 614. The Hall–Kier alpha value is -2.71. The van der Waals surface area contributed by atoms with Crippen molar-refractivity contribution in [1.29, 1.82) is 0 Å². The van der Waals surface area contributed by atoms with Crippen molar-refractivity contribution >= 4 is 29.6 Å². The summed E-state index contributed by atoms with van der Waals surface area (Å²) in [5.41, 5.74) is 0. The molecule has 0 fully saturated rings. The van der Waals surface area contributed by atoms with Crippen LogP contribution < -0.4 is 10.6 Å². The van der Waals surface area contributed by atoms with Crippen LogP contribution >= 0.6 is 0 Å². The lowest BCUT2D eigenvalue weighted by Gasteiger charge is -2.14. The summed E-state index contributed by atoms with van der Waals surface area (Å²) < 4.78 is 5.10. The Morgan fingerprint density at radius 1 is 1.00 bits per heavy atom. The maximum Gasteiger partial charge on any atom is 0.310 e. The van der Waals surface area contributed by atoms with Crippen molar-refractivity contribution in [2.75, 3.05) is 26.2 Å². The molecule has 0 spiro atoms. The Morgan fingerprint density at radius 3 is 2.17 bits per heavy atom. The fourth-order valence-corrected chi connectivity index (χ4v) is 2.52. The van der Waals surface area contributed by atoms with E-state index in [4.69, 9.17) is 4.74 Å². The second-order valence-electron chi connectivity index (χ2n) is 6.94. The van der Waals surface area contributed by atoms with Gasteiger partial charge in [-0.05, 0) is 19.3 Å². The minimum Gasteiger partial charge on any atom is -0.465 e. The molecule has 2 N–H and O–H groups in total. The van der Waals surface area contributed by atoms with Crippen LogP contribution in [0.25, 0.3) is 0 Å². The summed E-state index contributed by atoms with van der Waals surface area (Å²) in [6.07, 6.45) is 5.78. The third kappa shape index (κ3) is 9.87. The van der Waals surface area contributed by atoms with E-state index in [-0.39, 0.29) is 62.1 Å². The van der Waals surface area contributed by atoms with Gasteiger partial charge in [-0.1, -0.05) is 20.3 Å². The third-order valence-electron chi connectivity index (χ3n) is 4.37. The van der Waals surface area contributed by atoms with E-state index in [1.807, 2.05) is 6.92 Å². The van der Waals surface area contributed by atoms with Gasteiger partial charge >= 0.3 is 5.97 Å². The number of hydrogen-bond acceptors (Lipinski definition) is 6. The lowest BCUT2D eigenvalue weighted by molar-refractivity contribution is -0.148. The molecule has 1 unspecified atom stereocenters. The fraction of sp³-hybridized carbons (Fsp3) is 0.650. The highest BCUT2D eigenvalue weighted by Gasteiger charge is 2.22. The van der Waals surface area contributed by atoms with Crippen molar-refractivity contribution in [2.45, 2.75) is 52.4 Å². The van der Waals surface area contributed by atoms with E-state index >= 15 is 0 Å². The van der Waals surface area contributed by atoms with Crippen molar-refractivity contribution in [3.63, 3.8) is 0 Å². The van der Waals surface area contributed by atoms with Crippen LogP contribution in [0, 0.1) is 5.92 Å². The highest BCUT2D eigenvalue weighted by Crippen LogP contribution is 2.03. The van der Waals surface area contributed by atoms with Crippen molar-refractivity contribution in [3.8, 4) is 0 Å². The van der Waals surface area contributed by atoms with Crippen LogP contribution in [0.1, 0.15) is 52.4 Å². The molecule has 1 heterocycles. The minimum absolute atomic E-state index is 0.137. The lowest BCUT2D eigenvalue weighted by Crippen LogP contribution is -2.38. The number of hydrogen-bond donors (Lipinski definition) is 2. The number of carbonyl (C=O) groups is 5. The Balaban J connectivity index is 2.05. The Morgan fingerprint density at radius 2 is 1.59 bits per heavy atom. The second kappa shape index (κ2) is 13.5. The summed E-state index contributed by atoms with van der Waals surface area (Å²) in [5.74, 6) is -1.83. The highest BCUT2D eigenvalue weighted by molar-refractivity contribution is 6.12. The molecule has 1 atom stereocenters. The number of nitrogens with one attached hydrogen (secondary N) is 2. The van der Waals surface area contributed by atoms with Gasteiger partial charge < -0.3 is 15.4 Å². The first kappa shape index (κ1) is 24.3. The monoisotopic (exact) mass is 409 g/mol. The van der Waals surface area contributed by atoms with Gasteiger partial charge in [0.15, 0.2) is 0 Å². The molecular weight excluding hydrogens is 378 g/mol. The topological polar surface area (TPSA) is 122 Å². The van der Waals surface area contributed by atoms with E-state index < -0.39 is 5.92 Å². The summed E-state index contributed by atoms with van der Waals surface area (Å²) in [6, 6.07) is 0. The number of amides is 4. The molecule has 1 rings (SSSR count). The van der Waals surface area contributed by atoms with E-state index in [0.29, 0.717) is 19.4 Å². The van der Waals surface area contributed by atoms with Gasteiger partial charge in [-0.2, -0.15) is 0 Å². The fourth-order valence-electron chi connectivity index (χ4n) is 2.52. The van der Waals surface area contributed by atoms with Crippen LogP contribution in [0.2, 0.25) is 0 Å². The standard InChI is InChI=1S/C20H31N3O6/c1-3-4-13-29-20(28)15(2)14-22-17(25)8-6-5-7-16(24)21-11-12-23-18(26)9-10-19(23)27/h9-10,15H,3-8,11-14H2,1-2H3,(H,21,24)(H,22,25). The van der Waals surface area contributed by atoms with Gasteiger partial charge in [-0.3, -0.25) is 28.9 Å². The average Bonchev–Trinajstić information content (AvgIpc) is 3.01. The number of unbranched alkanes of at least 4 members (excludes halogenated alkanes) is 2. The summed E-state index contributed by atoms with van der Waals surface area (Å²) in [7, 11) is 0. The second-order valence-corrected chi connectivity index (χ2v) is 6.94.